The molecule has 2 rings (SSSR count). The molecule has 0 radical (unpaired) electrons. The zero-order valence-electron chi connectivity index (χ0n) is 12.7. The molecule has 112 valence electrons. The Balaban J connectivity index is 2.07. The standard InChI is InChI=1S/C16H21N3O2/c1-12(2)9-10-17-15(20)19-11-13(3)18-16(19)21-14-7-5-4-6-8-14/h4-8,11-12H,9-10H2,1-3H3,(H,17,20). The first kappa shape index (κ1) is 15.1. The lowest BCUT2D eigenvalue weighted by Gasteiger charge is -2.10. The van der Waals surface area contributed by atoms with Crippen LogP contribution in [-0.2, 0) is 0 Å². The summed E-state index contributed by atoms with van der Waals surface area (Å²) in [5.41, 5.74) is 0.736. The highest BCUT2D eigenvalue weighted by Crippen LogP contribution is 2.20. The molecule has 0 atom stereocenters. The lowest BCUT2D eigenvalue weighted by Crippen LogP contribution is -2.29. The minimum atomic E-state index is -0.220. The highest BCUT2D eigenvalue weighted by molar-refractivity contribution is 5.78. The van der Waals surface area contributed by atoms with Crippen LogP contribution in [-0.4, -0.2) is 22.1 Å². The molecule has 1 N–H and O–H groups in total. The molecule has 0 saturated carbocycles. The van der Waals surface area contributed by atoms with E-state index in [1.807, 2.05) is 37.3 Å². The Morgan fingerprint density at radius 1 is 1.33 bits per heavy atom. The van der Waals surface area contributed by atoms with Crippen LogP contribution in [0.25, 0.3) is 0 Å². The second-order valence-electron chi connectivity index (χ2n) is 5.36. The second kappa shape index (κ2) is 6.92. The fraction of sp³-hybridized carbons (Fsp3) is 0.375. The average Bonchev–Trinajstić information content (AvgIpc) is 2.80. The van der Waals surface area contributed by atoms with Crippen LogP contribution in [0.1, 0.15) is 26.0 Å². The second-order valence-corrected chi connectivity index (χ2v) is 5.36. The smallest absolute Gasteiger partial charge is 0.329 e. The molecule has 2 aromatic rings. The van der Waals surface area contributed by atoms with E-state index in [0.717, 1.165) is 12.1 Å². The van der Waals surface area contributed by atoms with Crippen molar-refractivity contribution >= 4 is 6.03 Å². The Bertz CT molecular complexity index is 591. The van der Waals surface area contributed by atoms with Crippen LogP contribution >= 0.6 is 0 Å². The summed E-state index contributed by atoms with van der Waals surface area (Å²) in [4.78, 5) is 16.4. The maximum absolute atomic E-state index is 12.2. The zero-order chi connectivity index (χ0) is 15.2. The minimum Gasteiger partial charge on any atom is -0.425 e. The quantitative estimate of drug-likeness (QED) is 0.914. The normalized spacial score (nSPS) is 10.7. The molecule has 0 aliphatic carbocycles. The number of amides is 1. The number of aryl methyl sites for hydroxylation is 1. The van der Waals surface area contributed by atoms with E-state index in [-0.39, 0.29) is 12.0 Å². The van der Waals surface area contributed by atoms with Gasteiger partial charge in [-0.05, 0) is 31.4 Å². The number of hydrogen-bond acceptors (Lipinski definition) is 3. The van der Waals surface area contributed by atoms with E-state index in [1.165, 1.54) is 4.57 Å². The van der Waals surface area contributed by atoms with Gasteiger partial charge in [0.25, 0.3) is 0 Å². The molecule has 0 aliphatic rings. The number of nitrogens with one attached hydrogen (secondary N) is 1. The summed E-state index contributed by atoms with van der Waals surface area (Å²) >= 11 is 0. The van der Waals surface area contributed by atoms with Crippen LogP contribution in [0.15, 0.2) is 36.5 Å². The summed E-state index contributed by atoms with van der Waals surface area (Å²) in [5.74, 6) is 1.20. The summed E-state index contributed by atoms with van der Waals surface area (Å²) in [6.45, 7) is 6.71. The summed E-state index contributed by atoms with van der Waals surface area (Å²) in [5, 5.41) is 2.87. The van der Waals surface area contributed by atoms with Gasteiger partial charge in [0.15, 0.2) is 0 Å². The maximum Gasteiger partial charge on any atom is 0.329 e. The molecule has 1 aromatic heterocycles. The monoisotopic (exact) mass is 287 g/mol. The van der Waals surface area contributed by atoms with Crippen molar-refractivity contribution in [1.82, 2.24) is 14.9 Å². The van der Waals surface area contributed by atoms with Gasteiger partial charge < -0.3 is 10.1 Å². The van der Waals surface area contributed by atoms with Gasteiger partial charge in [-0.25, -0.2) is 9.36 Å². The van der Waals surface area contributed by atoms with E-state index in [0.29, 0.717) is 18.2 Å². The number of rotatable bonds is 5. The first-order valence-corrected chi connectivity index (χ1v) is 7.13. The number of benzene rings is 1. The van der Waals surface area contributed by atoms with Crippen molar-refractivity contribution in [2.24, 2.45) is 5.92 Å². The van der Waals surface area contributed by atoms with Crippen molar-refractivity contribution < 1.29 is 9.53 Å². The molecular weight excluding hydrogens is 266 g/mol. The summed E-state index contributed by atoms with van der Waals surface area (Å²) in [6, 6.07) is 9.36. The number of para-hydroxylation sites is 1. The van der Waals surface area contributed by atoms with E-state index >= 15 is 0 Å². The summed E-state index contributed by atoms with van der Waals surface area (Å²) in [6.07, 6.45) is 2.61. The molecule has 21 heavy (non-hydrogen) atoms. The number of imidazole rings is 1. The molecule has 5 heteroatoms. The van der Waals surface area contributed by atoms with Gasteiger partial charge in [-0.15, -0.1) is 0 Å². The van der Waals surface area contributed by atoms with Crippen LogP contribution < -0.4 is 10.1 Å². The van der Waals surface area contributed by atoms with Crippen LogP contribution in [0.4, 0.5) is 4.79 Å². The van der Waals surface area contributed by atoms with Gasteiger partial charge in [-0.3, -0.25) is 0 Å². The van der Waals surface area contributed by atoms with E-state index in [9.17, 15) is 4.79 Å². The Kier molecular flexibility index (Phi) is 4.98. The van der Waals surface area contributed by atoms with Crippen molar-refractivity contribution in [1.29, 1.82) is 0 Å². The molecule has 1 amide bonds. The Labute approximate surface area is 125 Å². The van der Waals surface area contributed by atoms with Crippen LogP contribution in [0.2, 0.25) is 0 Å². The fourth-order valence-electron chi connectivity index (χ4n) is 1.84. The maximum atomic E-state index is 12.2. The van der Waals surface area contributed by atoms with Crippen LogP contribution in [0.3, 0.4) is 0 Å². The zero-order valence-corrected chi connectivity index (χ0v) is 12.7. The molecule has 0 spiro atoms. The third-order valence-corrected chi connectivity index (χ3v) is 2.96. The third kappa shape index (κ3) is 4.34. The van der Waals surface area contributed by atoms with E-state index in [4.69, 9.17) is 4.74 Å². The van der Waals surface area contributed by atoms with Gasteiger partial charge >= 0.3 is 12.0 Å². The Morgan fingerprint density at radius 2 is 2.05 bits per heavy atom. The third-order valence-electron chi connectivity index (χ3n) is 2.96. The molecule has 0 unspecified atom stereocenters. The van der Waals surface area contributed by atoms with Crippen molar-refractivity contribution in [3.63, 3.8) is 0 Å². The molecule has 1 heterocycles. The number of nitrogens with zero attached hydrogens (tertiary/aromatic N) is 2. The van der Waals surface area contributed by atoms with Crippen molar-refractivity contribution in [3.8, 4) is 11.8 Å². The number of aromatic nitrogens is 2. The molecule has 0 bridgehead atoms. The average molecular weight is 287 g/mol. The van der Waals surface area contributed by atoms with Crippen LogP contribution in [0, 0.1) is 12.8 Å². The minimum absolute atomic E-state index is 0.220. The largest absolute Gasteiger partial charge is 0.425 e. The summed E-state index contributed by atoms with van der Waals surface area (Å²) < 4.78 is 7.08. The highest BCUT2D eigenvalue weighted by Gasteiger charge is 2.14. The number of carbonyl (C=O) groups excluding carboxylic acids is 1. The first-order chi connectivity index (χ1) is 10.1. The fourth-order valence-corrected chi connectivity index (χ4v) is 1.84. The van der Waals surface area contributed by atoms with Crippen molar-refractivity contribution in [2.45, 2.75) is 27.2 Å². The Morgan fingerprint density at radius 3 is 2.71 bits per heavy atom. The molecular formula is C16H21N3O2. The van der Waals surface area contributed by atoms with Crippen LogP contribution in [0.5, 0.6) is 11.8 Å². The molecule has 1 aromatic carbocycles. The van der Waals surface area contributed by atoms with Gasteiger partial charge in [-0.2, -0.15) is 4.98 Å². The first-order valence-electron chi connectivity index (χ1n) is 7.13. The predicted octanol–water partition coefficient (Wildman–Crippen LogP) is 3.59. The molecule has 0 aliphatic heterocycles. The molecule has 0 fully saturated rings. The highest BCUT2D eigenvalue weighted by atomic mass is 16.5. The van der Waals surface area contributed by atoms with E-state index in [1.54, 1.807) is 6.20 Å². The van der Waals surface area contributed by atoms with Gasteiger partial charge in [0.1, 0.15) is 5.75 Å². The lowest BCUT2D eigenvalue weighted by atomic mass is 10.1. The van der Waals surface area contributed by atoms with Crippen molar-refractivity contribution in [3.05, 3.63) is 42.2 Å². The van der Waals surface area contributed by atoms with Gasteiger partial charge in [0, 0.05) is 12.7 Å². The molecule has 0 saturated heterocycles. The van der Waals surface area contributed by atoms with Gasteiger partial charge in [0.2, 0.25) is 0 Å². The summed E-state index contributed by atoms with van der Waals surface area (Å²) in [7, 11) is 0. The molecule has 5 nitrogen and oxygen atoms in total. The predicted molar refractivity (Wildman–Crippen MR) is 81.7 cm³/mol. The van der Waals surface area contributed by atoms with Gasteiger partial charge in [0.05, 0.1) is 5.69 Å². The van der Waals surface area contributed by atoms with E-state index < -0.39 is 0 Å². The van der Waals surface area contributed by atoms with Crippen molar-refractivity contribution in [2.75, 3.05) is 6.54 Å². The Hall–Kier alpha value is -2.30. The number of ether oxygens (including phenoxy) is 1. The van der Waals surface area contributed by atoms with Gasteiger partial charge in [-0.1, -0.05) is 32.0 Å². The number of hydrogen-bond donors (Lipinski definition) is 1. The topological polar surface area (TPSA) is 56.2 Å². The number of carbonyl (C=O) groups is 1. The lowest BCUT2D eigenvalue weighted by molar-refractivity contribution is 0.239. The SMILES string of the molecule is Cc1cn(C(=O)NCCC(C)C)c(Oc2ccccc2)n1. The van der Waals surface area contributed by atoms with E-state index in [2.05, 4.69) is 24.1 Å².